The van der Waals surface area contributed by atoms with Crippen molar-refractivity contribution in [1.29, 1.82) is 0 Å². The molecule has 1 N–H and O–H groups in total. The Morgan fingerprint density at radius 1 is 1.13 bits per heavy atom. The molecule has 2 aromatic rings. The zero-order valence-electron chi connectivity index (χ0n) is 18.0. The molecule has 0 unspecified atom stereocenters. The number of carbonyl (C=O) groups is 1. The first-order chi connectivity index (χ1) is 14.6. The minimum Gasteiger partial charge on any atom is -0.457 e. The molecule has 1 aromatic heterocycles. The SMILES string of the molecule is CCC1(N2CCC(OC(=O)c3nc4ccccc4[nH]c3=O)CC2)CCCCCCC1. The molecule has 6 nitrogen and oxygen atoms in total. The molecule has 4 rings (SSSR count). The van der Waals surface area contributed by atoms with Crippen molar-refractivity contribution in [2.45, 2.75) is 82.8 Å². The van der Waals surface area contributed by atoms with Gasteiger partial charge in [0.1, 0.15) is 6.10 Å². The minimum absolute atomic E-state index is 0.149. The van der Waals surface area contributed by atoms with Crippen molar-refractivity contribution in [3.8, 4) is 0 Å². The molecule has 2 aliphatic rings. The maximum absolute atomic E-state index is 12.6. The van der Waals surface area contributed by atoms with Gasteiger partial charge in [0.25, 0.3) is 5.56 Å². The molecule has 1 saturated carbocycles. The number of rotatable bonds is 4. The number of para-hydroxylation sites is 2. The Labute approximate surface area is 178 Å². The van der Waals surface area contributed by atoms with Crippen LogP contribution in [0.2, 0.25) is 0 Å². The number of aromatic nitrogens is 2. The summed E-state index contributed by atoms with van der Waals surface area (Å²) in [4.78, 5) is 34.6. The summed E-state index contributed by atoms with van der Waals surface area (Å²) >= 11 is 0. The average molecular weight is 412 g/mol. The number of esters is 1. The molecule has 0 amide bonds. The van der Waals surface area contributed by atoms with Crippen LogP contribution in [0.3, 0.4) is 0 Å². The second-order valence-electron chi connectivity index (χ2n) is 8.87. The first kappa shape index (κ1) is 21.0. The molecule has 1 aliphatic carbocycles. The molecular formula is C24H33N3O3. The van der Waals surface area contributed by atoms with E-state index in [0.717, 1.165) is 25.9 Å². The molecule has 2 heterocycles. The molecule has 2 fully saturated rings. The summed E-state index contributed by atoms with van der Waals surface area (Å²) in [6.45, 7) is 4.23. The van der Waals surface area contributed by atoms with E-state index in [2.05, 4.69) is 21.8 Å². The van der Waals surface area contributed by atoms with Crippen LogP contribution in [-0.4, -0.2) is 45.6 Å². The van der Waals surface area contributed by atoms with Crippen molar-refractivity contribution < 1.29 is 9.53 Å². The van der Waals surface area contributed by atoms with E-state index in [-0.39, 0.29) is 11.8 Å². The largest absolute Gasteiger partial charge is 0.457 e. The number of likely N-dealkylation sites (tertiary alicyclic amines) is 1. The Balaban J connectivity index is 1.39. The van der Waals surface area contributed by atoms with Crippen LogP contribution in [0.5, 0.6) is 0 Å². The number of hydrogen-bond acceptors (Lipinski definition) is 5. The van der Waals surface area contributed by atoms with Crippen LogP contribution < -0.4 is 5.56 Å². The van der Waals surface area contributed by atoms with E-state index < -0.39 is 11.5 Å². The number of nitrogens with zero attached hydrogens (tertiary/aromatic N) is 2. The van der Waals surface area contributed by atoms with E-state index in [9.17, 15) is 9.59 Å². The van der Waals surface area contributed by atoms with Gasteiger partial charge >= 0.3 is 5.97 Å². The normalized spacial score (nSPS) is 21.1. The lowest BCUT2D eigenvalue weighted by Gasteiger charge is -2.48. The lowest BCUT2D eigenvalue weighted by atomic mass is 9.79. The second-order valence-corrected chi connectivity index (χ2v) is 8.87. The highest BCUT2D eigenvalue weighted by atomic mass is 16.5. The summed E-state index contributed by atoms with van der Waals surface area (Å²) in [7, 11) is 0. The monoisotopic (exact) mass is 411 g/mol. The lowest BCUT2D eigenvalue weighted by molar-refractivity contribution is -0.0203. The Bertz CT molecular complexity index is 923. The molecule has 1 aliphatic heterocycles. The third kappa shape index (κ3) is 4.43. The maximum Gasteiger partial charge on any atom is 0.363 e. The van der Waals surface area contributed by atoms with Gasteiger partial charge in [0, 0.05) is 18.6 Å². The first-order valence-corrected chi connectivity index (χ1v) is 11.6. The summed E-state index contributed by atoms with van der Waals surface area (Å²) in [6, 6.07) is 7.20. The van der Waals surface area contributed by atoms with E-state index in [4.69, 9.17) is 4.74 Å². The molecule has 0 atom stereocenters. The quantitative estimate of drug-likeness (QED) is 0.753. The number of carbonyl (C=O) groups excluding carboxylic acids is 1. The van der Waals surface area contributed by atoms with Gasteiger partial charge in [-0.15, -0.1) is 0 Å². The highest BCUT2D eigenvalue weighted by Crippen LogP contribution is 2.36. The van der Waals surface area contributed by atoms with E-state index in [1.54, 1.807) is 12.1 Å². The van der Waals surface area contributed by atoms with Gasteiger partial charge in [-0.2, -0.15) is 0 Å². The Morgan fingerprint density at radius 3 is 2.50 bits per heavy atom. The van der Waals surface area contributed by atoms with Gasteiger partial charge in [0.2, 0.25) is 5.69 Å². The van der Waals surface area contributed by atoms with Crippen LogP contribution in [0, 0.1) is 0 Å². The number of aromatic amines is 1. The van der Waals surface area contributed by atoms with Crippen LogP contribution in [0.4, 0.5) is 0 Å². The number of H-pyrrole nitrogens is 1. The molecule has 1 aromatic carbocycles. The van der Waals surface area contributed by atoms with Crippen LogP contribution in [0.1, 0.15) is 81.6 Å². The zero-order chi connectivity index (χ0) is 21.0. The van der Waals surface area contributed by atoms with Crippen molar-refractivity contribution in [2.75, 3.05) is 13.1 Å². The molecular weight excluding hydrogens is 378 g/mol. The summed E-state index contributed by atoms with van der Waals surface area (Å²) in [5.74, 6) is -0.614. The fourth-order valence-corrected chi connectivity index (χ4v) is 5.28. The molecule has 0 radical (unpaired) electrons. The van der Waals surface area contributed by atoms with Crippen LogP contribution >= 0.6 is 0 Å². The van der Waals surface area contributed by atoms with Gasteiger partial charge in [0.15, 0.2) is 0 Å². The average Bonchev–Trinajstić information content (AvgIpc) is 2.74. The lowest BCUT2D eigenvalue weighted by Crippen LogP contribution is -2.53. The topological polar surface area (TPSA) is 75.3 Å². The Kier molecular flexibility index (Phi) is 6.52. The van der Waals surface area contributed by atoms with E-state index >= 15 is 0 Å². The molecule has 0 spiro atoms. The standard InChI is InChI=1S/C24H33N3O3/c1-2-24(14-8-4-3-5-9-15-24)27-16-12-18(13-17-27)30-23(29)21-22(28)26-20-11-7-6-10-19(20)25-21/h6-7,10-11,18H,2-5,8-9,12-17H2,1H3,(H,26,28). The highest BCUT2D eigenvalue weighted by Gasteiger charge is 2.37. The van der Waals surface area contributed by atoms with Crippen molar-refractivity contribution in [3.63, 3.8) is 0 Å². The van der Waals surface area contributed by atoms with Gasteiger partial charge in [-0.1, -0.05) is 51.2 Å². The number of fused-ring (bicyclic) bond motifs is 1. The van der Waals surface area contributed by atoms with E-state index in [1.807, 2.05) is 12.1 Å². The predicted octanol–water partition coefficient (Wildman–Crippen LogP) is 4.44. The number of hydrogen-bond donors (Lipinski definition) is 1. The molecule has 0 bridgehead atoms. The second kappa shape index (κ2) is 9.29. The fourth-order valence-electron chi connectivity index (χ4n) is 5.28. The first-order valence-electron chi connectivity index (χ1n) is 11.6. The van der Waals surface area contributed by atoms with Crippen molar-refractivity contribution >= 4 is 17.0 Å². The minimum atomic E-state index is -0.614. The number of nitrogens with one attached hydrogen (secondary N) is 1. The van der Waals surface area contributed by atoms with Gasteiger partial charge in [-0.3, -0.25) is 9.69 Å². The summed E-state index contributed by atoms with van der Waals surface area (Å²) in [6.07, 6.45) is 12.0. The van der Waals surface area contributed by atoms with E-state index in [1.165, 1.54) is 51.4 Å². The van der Waals surface area contributed by atoms with Crippen molar-refractivity contribution in [2.24, 2.45) is 0 Å². The third-order valence-electron chi connectivity index (χ3n) is 7.12. The van der Waals surface area contributed by atoms with Crippen molar-refractivity contribution in [1.82, 2.24) is 14.9 Å². The van der Waals surface area contributed by atoms with Gasteiger partial charge in [-0.05, 0) is 44.2 Å². The number of benzene rings is 1. The summed E-state index contributed by atoms with van der Waals surface area (Å²) in [5.41, 5.74) is 0.883. The van der Waals surface area contributed by atoms with Gasteiger partial charge in [0.05, 0.1) is 11.0 Å². The van der Waals surface area contributed by atoms with E-state index in [0.29, 0.717) is 16.6 Å². The number of piperidine rings is 1. The zero-order valence-corrected chi connectivity index (χ0v) is 18.0. The van der Waals surface area contributed by atoms with Gasteiger partial charge < -0.3 is 9.72 Å². The highest BCUT2D eigenvalue weighted by molar-refractivity contribution is 5.89. The molecule has 6 heteroatoms. The molecule has 30 heavy (non-hydrogen) atoms. The third-order valence-corrected chi connectivity index (χ3v) is 7.12. The van der Waals surface area contributed by atoms with Crippen LogP contribution in [0.25, 0.3) is 11.0 Å². The maximum atomic E-state index is 12.6. The van der Waals surface area contributed by atoms with Crippen LogP contribution in [0.15, 0.2) is 29.1 Å². The molecule has 1 saturated heterocycles. The molecule has 162 valence electrons. The smallest absolute Gasteiger partial charge is 0.363 e. The summed E-state index contributed by atoms with van der Waals surface area (Å²) < 4.78 is 5.71. The van der Waals surface area contributed by atoms with Crippen molar-refractivity contribution in [3.05, 3.63) is 40.3 Å². The summed E-state index contributed by atoms with van der Waals surface area (Å²) in [5, 5.41) is 0. The van der Waals surface area contributed by atoms with Crippen LogP contribution in [-0.2, 0) is 4.74 Å². The Hall–Kier alpha value is -2.21. The predicted molar refractivity (Wildman–Crippen MR) is 118 cm³/mol. The Morgan fingerprint density at radius 2 is 1.80 bits per heavy atom. The fraction of sp³-hybridized carbons (Fsp3) is 0.625. The number of ether oxygens (including phenoxy) is 1. The van der Waals surface area contributed by atoms with Gasteiger partial charge in [-0.25, -0.2) is 9.78 Å².